The summed E-state index contributed by atoms with van der Waals surface area (Å²) in [7, 11) is 0. The van der Waals surface area contributed by atoms with Gasteiger partial charge in [-0.25, -0.2) is 9.18 Å². The molecule has 2 aromatic carbocycles. The number of carbonyl (C=O) groups is 1. The SMILES string of the molecule is O=C(O)NCCC1CCN(Cc2ccc(-c3ccc(F)cc3)cc2Cl)CC1. The number of hydrogen-bond donors (Lipinski definition) is 2. The summed E-state index contributed by atoms with van der Waals surface area (Å²) in [5.74, 6) is 0.327. The molecule has 144 valence electrons. The molecule has 1 heterocycles. The van der Waals surface area contributed by atoms with E-state index in [0.717, 1.165) is 60.6 Å². The summed E-state index contributed by atoms with van der Waals surface area (Å²) in [6.45, 7) is 3.32. The van der Waals surface area contributed by atoms with Crippen LogP contribution in [0.3, 0.4) is 0 Å². The second kappa shape index (κ2) is 9.20. The smallest absolute Gasteiger partial charge is 0.404 e. The van der Waals surface area contributed by atoms with Gasteiger partial charge in [-0.1, -0.05) is 35.9 Å². The van der Waals surface area contributed by atoms with E-state index in [9.17, 15) is 9.18 Å². The number of benzene rings is 2. The standard InChI is InChI=1S/C21H24ClFN2O2/c22-20-13-17(16-3-5-19(23)6-4-16)1-2-18(20)14-25-11-8-15(9-12-25)7-10-24-21(26)27/h1-6,13,15,24H,7-12,14H2,(H,26,27). The fourth-order valence-electron chi connectivity index (χ4n) is 3.55. The van der Waals surface area contributed by atoms with Crippen molar-refractivity contribution in [1.82, 2.24) is 10.2 Å². The summed E-state index contributed by atoms with van der Waals surface area (Å²) < 4.78 is 13.1. The molecule has 4 nitrogen and oxygen atoms in total. The molecule has 0 spiro atoms. The Morgan fingerprint density at radius 1 is 1.15 bits per heavy atom. The molecule has 1 aliphatic rings. The number of piperidine rings is 1. The predicted molar refractivity (Wildman–Crippen MR) is 105 cm³/mol. The van der Waals surface area contributed by atoms with Crippen LogP contribution in [0.4, 0.5) is 9.18 Å². The van der Waals surface area contributed by atoms with E-state index in [-0.39, 0.29) is 5.82 Å². The van der Waals surface area contributed by atoms with Gasteiger partial charge in [0.25, 0.3) is 0 Å². The van der Waals surface area contributed by atoms with Crippen LogP contribution in [0.5, 0.6) is 0 Å². The fraction of sp³-hybridized carbons (Fsp3) is 0.381. The highest BCUT2D eigenvalue weighted by Crippen LogP contribution is 2.28. The van der Waals surface area contributed by atoms with Crippen LogP contribution in [0.1, 0.15) is 24.8 Å². The van der Waals surface area contributed by atoms with Crippen molar-refractivity contribution in [1.29, 1.82) is 0 Å². The molecule has 1 saturated heterocycles. The second-order valence-corrected chi connectivity index (χ2v) is 7.46. The van der Waals surface area contributed by atoms with E-state index < -0.39 is 6.09 Å². The lowest BCUT2D eigenvalue weighted by atomic mass is 9.93. The van der Waals surface area contributed by atoms with Crippen LogP contribution >= 0.6 is 11.6 Å². The maximum atomic E-state index is 13.1. The molecule has 6 heteroatoms. The van der Waals surface area contributed by atoms with E-state index in [1.54, 1.807) is 12.1 Å². The molecule has 0 bridgehead atoms. The molecule has 0 aliphatic carbocycles. The number of nitrogens with zero attached hydrogens (tertiary/aromatic N) is 1. The number of nitrogens with one attached hydrogen (secondary N) is 1. The molecule has 1 fully saturated rings. The summed E-state index contributed by atoms with van der Waals surface area (Å²) >= 11 is 6.49. The number of halogens is 2. The van der Waals surface area contributed by atoms with E-state index >= 15 is 0 Å². The van der Waals surface area contributed by atoms with Crippen molar-refractivity contribution < 1.29 is 14.3 Å². The molecule has 1 amide bonds. The molecule has 27 heavy (non-hydrogen) atoms. The van der Waals surface area contributed by atoms with Crippen molar-refractivity contribution in [3.05, 3.63) is 58.9 Å². The van der Waals surface area contributed by atoms with Crippen LogP contribution in [0.25, 0.3) is 11.1 Å². The number of amides is 1. The van der Waals surface area contributed by atoms with Gasteiger partial charge in [0.1, 0.15) is 5.82 Å². The minimum Gasteiger partial charge on any atom is -0.465 e. The van der Waals surface area contributed by atoms with Gasteiger partial charge in [0.15, 0.2) is 0 Å². The first kappa shape index (κ1) is 19.6. The lowest BCUT2D eigenvalue weighted by Crippen LogP contribution is -2.34. The van der Waals surface area contributed by atoms with Crippen molar-refractivity contribution in [2.45, 2.75) is 25.8 Å². The highest BCUT2D eigenvalue weighted by atomic mass is 35.5. The maximum absolute atomic E-state index is 13.1. The molecular weight excluding hydrogens is 367 g/mol. The summed E-state index contributed by atoms with van der Waals surface area (Å²) in [6, 6.07) is 12.4. The molecule has 0 atom stereocenters. The molecule has 0 unspecified atom stereocenters. The quantitative estimate of drug-likeness (QED) is 0.728. The number of rotatable bonds is 6. The fourth-order valence-corrected chi connectivity index (χ4v) is 3.80. The third-order valence-corrected chi connectivity index (χ3v) is 5.51. The molecule has 3 rings (SSSR count). The van der Waals surface area contributed by atoms with Gasteiger partial charge >= 0.3 is 6.09 Å². The predicted octanol–water partition coefficient (Wildman–Crippen LogP) is 5.02. The Morgan fingerprint density at radius 3 is 2.44 bits per heavy atom. The molecule has 0 saturated carbocycles. The first-order valence-corrected chi connectivity index (χ1v) is 9.62. The Bertz CT molecular complexity index is 774. The van der Waals surface area contributed by atoms with Crippen molar-refractivity contribution in [2.75, 3.05) is 19.6 Å². The topological polar surface area (TPSA) is 52.6 Å². The summed E-state index contributed by atoms with van der Waals surface area (Å²) in [5.41, 5.74) is 3.02. The average Bonchev–Trinajstić information content (AvgIpc) is 2.65. The van der Waals surface area contributed by atoms with E-state index in [1.165, 1.54) is 12.1 Å². The molecule has 2 aromatic rings. The summed E-state index contributed by atoms with van der Waals surface area (Å²) in [5, 5.41) is 11.8. The van der Waals surface area contributed by atoms with E-state index in [4.69, 9.17) is 16.7 Å². The average molecular weight is 391 g/mol. The third-order valence-electron chi connectivity index (χ3n) is 5.16. The van der Waals surface area contributed by atoms with E-state index in [1.807, 2.05) is 18.2 Å². The molecule has 2 N–H and O–H groups in total. The molecule has 0 radical (unpaired) electrons. The van der Waals surface area contributed by atoms with Crippen molar-refractivity contribution in [2.24, 2.45) is 5.92 Å². The van der Waals surface area contributed by atoms with Crippen LogP contribution in [0.2, 0.25) is 5.02 Å². The van der Waals surface area contributed by atoms with Crippen molar-refractivity contribution in [3.63, 3.8) is 0 Å². The number of likely N-dealkylation sites (tertiary alicyclic amines) is 1. The van der Waals surface area contributed by atoms with Crippen molar-refractivity contribution >= 4 is 17.7 Å². The van der Waals surface area contributed by atoms with Gasteiger partial charge in [0.05, 0.1) is 0 Å². The Hall–Kier alpha value is -2.11. The summed E-state index contributed by atoms with van der Waals surface area (Å²) in [6.07, 6.45) is 2.10. The largest absolute Gasteiger partial charge is 0.465 e. The molecular formula is C21H24ClFN2O2. The third kappa shape index (κ3) is 5.68. The minimum absolute atomic E-state index is 0.247. The van der Waals surface area contributed by atoms with Gasteiger partial charge in [0.2, 0.25) is 0 Å². The zero-order valence-corrected chi connectivity index (χ0v) is 15.9. The zero-order valence-electron chi connectivity index (χ0n) is 15.1. The monoisotopic (exact) mass is 390 g/mol. The Labute approximate surface area is 164 Å². The van der Waals surface area contributed by atoms with Gasteiger partial charge in [-0.15, -0.1) is 0 Å². The highest BCUT2D eigenvalue weighted by molar-refractivity contribution is 6.31. The van der Waals surface area contributed by atoms with Gasteiger partial charge in [-0.3, -0.25) is 4.90 Å². The van der Waals surface area contributed by atoms with Crippen LogP contribution in [-0.2, 0) is 6.54 Å². The lowest BCUT2D eigenvalue weighted by molar-refractivity contribution is 0.169. The van der Waals surface area contributed by atoms with Gasteiger partial charge < -0.3 is 10.4 Å². The number of carboxylic acid groups (broad SMARTS) is 1. The van der Waals surface area contributed by atoms with Crippen LogP contribution in [-0.4, -0.2) is 35.7 Å². The number of hydrogen-bond acceptors (Lipinski definition) is 2. The molecule has 0 aromatic heterocycles. The molecule has 1 aliphatic heterocycles. The first-order valence-electron chi connectivity index (χ1n) is 9.25. The zero-order chi connectivity index (χ0) is 19.2. The van der Waals surface area contributed by atoms with Crippen LogP contribution < -0.4 is 5.32 Å². The van der Waals surface area contributed by atoms with E-state index in [2.05, 4.69) is 10.2 Å². The van der Waals surface area contributed by atoms with Gasteiger partial charge in [0, 0.05) is 18.1 Å². The lowest BCUT2D eigenvalue weighted by Gasteiger charge is -2.32. The maximum Gasteiger partial charge on any atom is 0.404 e. The second-order valence-electron chi connectivity index (χ2n) is 7.05. The van der Waals surface area contributed by atoms with Gasteiger partial charge in [-0.2, -0.15) is 0 Å². The normalized spacial score (nSPS) is 15.6. The summed E-state index contributed by atoms with van der Waals surface area (Å²) in [4.78, 5) is 12.9. The Kier molecular flexibility index (Phi) is 6.69. The Balaban J connectivity index is 1.53. The minimum atomic E-state index is -0.953. The Morgan fingerprint density at radius 2 is 1.81 bits per heavy atom. The first-order chi connectivity index (χ1) is 13.0. The van der Waals surface area contributed by atoms with E-state index in [0.29, 0.717) is 12.5 Å². The van der Waals surface area contributed by atoms with Crippen LogP contribution in [0, 0.1) is 11.7 Å². The highest BCUT2D eigenvalue weighted by Gasteiger charge is 2.20. The van der Waals surface area contributed by atoms with Crippen molar-refractivity contribution in [3.8, 4) is 11.1 Å². The van der Waals surface area contributed by atoms with Gasteiger partial charge in [-0.05, 0) is 73.2 Å². The van der Waals surface area contributed by atoms with Crippen LogP contribution in [0.15, 0.2) is 42.5 Å².